The van der Waals surface area contributed by atoms with E-state index in [0.29, 0.717) is 22.4 Å². The van der Waals surface area contributed by atoms with Crippen LogP contribution in [0.1, 0.15) is 27.7 Å². The van der Waals surface area contributed by atoms with Crippen molar-refractivity contribution in [1.29, 1.82) is 0 Å². The molecule has 0 saturated heterocycles. The van der Waals surface area contributed by atoms with Gasteiger partial charge in [0.05, 0.1) is 11.3 Å². The molecule has 2 aromatic rings. The van der Waals surface area contributed by atoms with Crippen molar-refractivity contribution in [2.75, 3.05) is 5.73 Å². The van der Waals surface area contributed by atoms with Crippen LogP contribution < -0.4 is 5.73 Å². The highest BCUT2D eigenvalue weighted by molar-refractivity contribution is 7.18. The first kappa shape index (κ1) is 15.4. The summed E-state index contributed by atoms with van der Waals surface area (Å²) in [5.41, 5.74) is 6.43. The monoisotopic (exact) mass is 315 g/mol. The van der Waals surface area contributed by atoms with Crippen LogP contribution in [0.5, 0.6) is 0 Å². The van der Waals surface area contributed by atoms with Gasteiger partial charge >= 0.3 is 12.1 Å². The molecule has 21 heavy (non-hydrogen) atoms. The number of aromatic carboxylic acids is 1. The second-order valence-corrected chi connectivity index (χ2v) is 5.41. The number of carboxylic acids is 1. The van der Waals surface area contributed by atoms with E-state index in [1.807, 2.05) is 6.92 Å². The number of benzene rings is 1. The summed E-state index contributed by atoms with van der Waals surface area (Å²) in [4.78, 5) is 11.7. The van der Waals surface area contributed by atoms with Crippen molar-refractivity contribution in [3.05, 3.63) is 40.3 Å². The van der Waals surface area contributed by atoms with Gasteiger partial charge in [0.1, 0.15) is 4.88 Å². The molecule has 2 rings (SSSR count). The van der Waals surface area contributed by atoms with Crippen molar-refractivity contribution in [1.82, 2.24) is 0 Å². The number of halogens is 3. The third-order valence-electron chi connectivity index (χ3n) is 3.07. The fourth-order valence-corrected chi connectivity index (χ4v) is 3.19. The summed E-state index contributed by atoms with van der Waals surface area (Å²) < 4.78 is 37.6. The normalized spacial score (nSPS) is 11.6. The lowest BCUT2D eigenvalue weighted by Gasteiger charge is -2.08. The van der Waals surface area contributed by atoms with Gasteiger partial charge in [-0.05, 0) is 29.7 Å². The lowest BCUT2D eigenvalue weighted by Crippen LogP contribution is -2.04. The first-order valence-corrected chi connectivity index (χ1v) is 6.89. The number of nitrogens with two attached hydrogens (primary N) is 1. The summed E-state index contributed by atoms with van der Waals surface area (Å²) in [7, 11) is 0. The molecule has 1 heterocycles. The van der Waals surface area contributed by atoms with Crippen LogP contribution >= 0.6 is 11.3 Å². The quantitative estimate of drug-likeness (QED) is 0.888. The van der Waals surface area contributed by atoms with Gasteiger partial charge in [0.2, 0.25) is 0 Å². The Kier molecular flexibility index (Phi) is 3.95. The van der Waals surface area contributed by atoms with Crippen molar-refractivity contribution >= 4 is 23.0 Å². The molecular formula is C14H12F3NO2S. The highest BCUT2D eigenvalue weighted by Crippen LogP contribution is 2.40. The largest absolute Gasteiger partial charge is 0.477 e. The van der Waals surface area contributed by atoms with Gasteiger partial charge in [-0.2, -0.15) is 13.2 Å². The highest BCUT2D eigenvalue weighted by Gasteiger charge is 2.30. The Morgan fingerprint density at radius 3 is 2.29 bits per heavy atom. The predicted molar refractivity (Wildman–Crippen MR) is 75.5 cm³/mol. The molecule has 0 radical (unpaired) electrons. The lowest BCUT2D eigenvalue weighted by atomic mass is 10.0. The molecule has 0 amide bonds. The van der Waals surface area contributed by atoms with Gasteiger partial charge in [-0.1, -0.05) is 19.1 Å². The summed E-state index contributed by atoms with van der Waals surface area (Å²) in [6.45, 7) is 1.82. The first-order valence-electron chi connectivity index (χ1n) is 6.07. The summed E-state index contributed by atoms with van der Waals surface area (Å²) in [5, 5.41) is 9.08. The second-order valence-electron chi connectivity index (χ2n) is 4.39. The van der Waals surface area contributed by atoms with E-state index in [-0.39, 0.29) is 10.6 Å². The zero-order chi connectivity index (χ0) is 15.8. The number of anilines is 1. The van der Waals surface area contributed by atoms with Crippen LogP contribution in [0.3, 0.4) is 0 Å². The van der Waals surface area contributed by atoms with Crippen LogP contribution in [0.4, 0.5) is 18.9 Å². The number of carbonyl (C=O) groups is 1. The third-order valence-corrected chi connectivity index (χ3v) is 4.36. The Labute approximate surface area is 122 Å². The number of rotatable bonds is 3. The van der Waals surface area contributed by atoms with E-state index in [1.165, 1.54) is 12.1 Å². The molecule has 0 aliphatic heterocycles. The molecule has 112 valence electrons. The number of alkyl halides is 3. The fourth-order valence-electron chi connectivity index (χ4n) is 2.03. The number of thiophene rings is 1. The Bertz CT molecular complexity index is 675. The third kappa shape index (κ3) is 2.87. The molecule has 0 atom stereocenters. The van der Waals surface area contributed by atoms with Crippen molar-refractivity contribution < 1.29 is 23.1 Å². The van der Waals surface area contributed by atoms with Gasteiger partial charge in [0, 0.05) is 4.88 Å². The van der Waals surface area contributed by atoms with Crippen LogP contribution in [0.2, 0.25) is 0 Å². The van der Waals surface area contributed by atoms with Gasteiger partial charge < -0.3 is 10.8 Å². The van der Waals surface area contributed by atoms with E-state index in [1.54, 1.807) is 0 Å². The maximum Gasteiger partial charge on any atom is 0.416 e. The van der Waals surface area contributed by atoms with E-state index in [9.17, 15) is 18.0 Å². The van der Waals surface area contributed by atoms with E-state index in [4.69, 9.17) is 10.8 Å². The van der Waals surface area contributed by atoms with Crippen LogP contribution in [0.25, 0.3) is 10.4 Å². The summed E-state index contributed by atoms with van der Waals surface area (Å²) in [6, 6.07) is 4.62. The maximum atomic E-state index is 12.5. The molecular weight excluding hydrogens is 303 g/mol. The van der Waals surface area contributed by atoms with Crippen molar-refractivity contribution in [3.63, 3.8) is 0 Å². The second kappa shape index (κ2) is 5.40. The van der Waals surface area contributed by atoms with E-state index in [0.717, 1.165) is 23.5 Å². The summed E-state index contributed by atoms with van der Waals surface area (Å²) in [6.07, 6.45) is -3.89. The first-order chi connectivity index (χ1) is 9.75. The number of hydrogen-bond donors (Lipinski definition) is 2. The van der Waals surface area contributed by atoms with Crippen molar-refractivity contribution in [2.24, 2.45) is 0 Å². The van der Waals surface area contributed by atoms with E-state index >= 15 is 0 Å². The molecule has 0 fully saturated rings. The van der Waals surface area contributed by atoms with Crippen LogP contribution in [-0.4, -0.2) is 11.1 Å². The van der Waals surface area contributed by atoms with Gasteiger partial charge in [0.15, 0.2) is 0 Å². The molecule has 3 N–H and O–H groups in total. The minimum absolute atomic E-state index is 0.0155. The Hall–Kier alpha value is -2.02. The van der Waals surface area contributed by atoms with Gasteiger partial charge in [-0.15, -0.1) is 11.3 Å². The topological polar surface area (TPSA) is 63.3 Å². The molecule has 0 spiro atoms. The van der Waals surface area contributed by atoms with E-state index < -0.39 is 17.7 Å². The summed E-state index contributed by atoms with van der Waals surface area (Å²) >= 11 is 0.979. The van der Waals surface area contributed by atoms with E-state index in [2.05, 4.69) is 0 Å². The van der Waals surface area contributed by atoms with Gasteiger partial charge in [-0.25, -0.2) is 4.79 Å². The SMILES string of the molecule is CCc1c(-c2ccc(C(F)(F)F)cc2)sc(C(=O)O)c1N. The fraction of sp³-hybridized carbons (Fsp3) is 0.214. The Morgan fingerprint density at radius 1 is 1.29 bits per heavy atom. The molecule has 0 aliphatic carbocycles. The number of carboxylic acid groups (broad SMARTS) is 1. The molecule has 3 nitrogen and oxygen atoms in total. The highest BCUT2D eigenvalue weighted by atomic mass is 32.1. The maximum absolute atomic E-state index is 12.5. The molecule has 7 heteroatoms. The Morgan fingerprint density at radius 2 is 1.86 bits per heavy atom. The van der Waals surface area contributed by atoms with Gasteiger partial charge in [-0.3, -0.25) is 0 Å². The minimum atomic E-state index is -4.40. The lowest BCUT2D eigenvalue weighted by molar-refractivity contribution is -0.137. The molecule has 0 bridgehead atoms. The standard InChI is InChI=1S/C14H12F3NO2S/c1-2-9-10(18)12(13(19)20)21-11(9)7-3-5-8(6-4-7)14(15,16)17/h3-6H,2,18H2,1H3,(H,19,20). The van der Waals surface area contributed by atoms with Gasteiger partial charge in [0.25, 0.3) is 0 Å². The smallest absolute Gasteiger partial charge is 0.416 e. The number of hydrogen-bond acceptors (Lipinski definition) is 3. The zero-order valence-electron chi connectivity index (χ0n) is 11.0. The van der Waals surface area contributed by atoms with Crippen molar-refractivity contribution in [3.8, 4) is 10.4 Å². The molecule has 0 aliphatic rings. The predicted octanol–water partition coefficient (Wildman–Crippen LogP) is 4.28. The van der Waals surface area contributed by atoms with Crippen LogP contribution in [0, 0.1) is 0 Å². The Balaban J connectivity index is 2.52. The average molecular weight is 315 g/mol. The van der Waals surface area contributed by atoms with Crippen LogP contribution in [0.15, 0.2) is 24.3 Å². The van der Waals surface area contributed by atoms with Crippen LogP contribution in [-0.2, 0) is 12.6 Å². The summed E-state index contributed by atoms with van der Waals surface area (Å²) in [5.74, 6) is -1.13. The number of nitrogen functional groups attached to an aromatic ring is 1. The zero-order valence-corrected chi connectivity index (χ0v) is 11.8. The minimum Gasteiger partial charge on any atom is -0.477 e. The molecule has 1 aromatic carbocycles. The van der Waals surface area contributed by atoms with Crippen molar-refractivity contribution in [2.45, 2.75) is 19.5 Å². The molecule has 1 aromatic heterocycles. The molecule has 0 saturated carbocycles. The molecule has 0 unspecified atom stereocenters. The average Bonchev–Trinajstić information content (AvgIpc) is 2.75.